The number of carbonyl (C=O) groups excluding carboxylic acids is 2. The van der Waals surface area contributed by atoms with Gasteiger partial charge < -0.3 is 15.0 Å². The molecule has 2 amide bonds. The van der Waals surface area contributed by atoms with E-state index >= 15 is 0 Å². The number of nitrogens with zero attached hydrogens (tertiary/aromatic N) is 2. The third-order valence-electron chi connectivity index (χ3n) is 4.99. The molecule has 0 unspecified atom stereocenters. The van der Waals surface area contributed by atoms with Gasteiger partial charge in [-0.3, -0.25) is 14.5 Å². The van der Waals surface area contributed by atoms with Gasteiger partial charge in [0.15, 0.2) is 6.61 Å². The third kappa shape index (κ3) is 6.25. The van der Waals surface area contributed by atoms with E-state index in [0.29, 0.717) is 43.1 Å². The highest BCUT2D eigenvalue weighted by molar-refractivity contribution is 5.79. The normalized spacial score (nSPS) is 14.4. The lowest BCUT2D eigenvalue weighted by molar-refractivity contribution is -0.135. The van der Waals surface area contributed by atoms with E-state index in [1.54, 1.807) is 24.0 Å². The molecule has 0 saturated carbocycles. The number of carbonyl (C=O) groups is 2. The molecule has 160 valence electrons. The molecule has 1 heterocycles. The Balaban J connectivity index is 1.36. The molecule has 6 nitrogen and oxygen atoms in total. The van der Waals surface area contributed by atoms with E-state index in [-0.39, 0.29) is 43.1 Å². The standard InChI is InChI=1S/C22H25F2N3O3/c1-16-2-3-17(12-20(16)24)13-25-21(28)14-26-8-10-27(11-9-26)22(29)15-30-19-6-4-18(23)5-7-19/h2-7,12H,8-11,13-15H2,1H3,(H,25,28). The lowest BCUT2D eigenvalue weighted by Crippen LogP contribution is -2.52. The molecule has 2 aromatic carbocycles. The Morgan fingerprint density at radius 2 is 1.73 bits per heavy atom. The molecule has 1 fully saturated rings. The summed E-state index contributed by atoms with van der Waals surface area (Å²) in [6.07, 6.45) is 0. The summed E-state index contributed by atoms with van der Waals surface area (Å²) in [6, 6.07) is 10.4. The van der Waals surface area contributed by atoms with Crippen molar-refractivity contribution in [3.05, 3.63) is 65.2 Å². The lowest BCUT2D eigenvalue weighted by atomic mass is 10.1. The van der Waals surface area contributed by atoms with E-state index in [9.17, 15) is 18.4 Å². The molecule has 0 spiro atoms. The number of halogens is 2. The van der Waals surface area contributed by atoms with E-state index in [1.165, 1.54) is 30.3 Å². The smallest absolute Gasteiger partial charge is 0.260 e. The molecular formula is C22H25F2N3O3. The van der Waals surface area contributed by atoms with Crippen LogP contribution in [-0.2, 0) is 16.1 Å². The van der Waals surface area contributed by atoms with Crippen molar-refractivity contribution in [3.63, 3.8) is 0 Å². The second-order valence-electron chi connectivity index (χ2n) is 7.26. The van der Waals surface area contributed by atoms with Crippen LogP contribution in [0.5, 0.6) is 5.75 Å². The van der Waals surface area contributed by atoms with Gasteiger partial charge in [0.25, 0.3) is 5.91 Å². The van der Waals surface area contributed by atoms with Crippen LogP contribution in [0.3, 0.4) is 0 Å². The molecule has 1 N–H and O–H groups in total. The largest absolute Gasteiger partial charge is 0.484 e. The fourth-order valence-corrected chi connectivity index (χ4v) is 3.13. The van der Waals surface area contributed by atoms with Crippen molar-refractivity contribution < 1.29 is 23.1 Å². The number of amides is 2. The summed E-state index contributed by atoms with van der Waals surface area (Å²) in [5.41, 5.74) is 1.28. The number of aryl methyl sites for hydroxylation is 1. The van der Waals surface area contributed by atoms with Crippen LogP contribution in [0, 0.1) is 18.6 Å². The van der Waals surface area contributed by atoms with Crippen LogP contribution < -0.4 is 10.1 Å². The number of benzene rings is 2. The first-order valence-corrected chi connectivity index (χ1v) is 9.81. The van der Waals surface area contributed by atoms with Gasteiger partial charge in [0.2, 0.25) is 5.91 Å². The van der Waals surface area contributed by atoms with Gasteiger partial charge >= 0.3 is 0 Å². The molecule has 0 radical (unpaired) electrons. The monoisotopic (exact) mass is 417 g/mol. The van der Waals surface area contributed by atoms with Crippen LogP contribution in [-0.4, -0.2) is 60.9 Å². The highest BCUT2D eigenvalue weighted by atomic mass is 19.1. The molecule has 1 aliphatic heterocycles. The summed E-state index contributed by atoms with van der Waals surface area (Å²) in [5, 5.41) is 2.79. The predicted octanol–water partition coefficient (Wildman–Crippen LogP) is 2.11. The van der Waals surface area contributed by atoms with Crippen LogP contribution in [0.1, 0.15) is 11.1 Å². The van der Waals surface area contributed by atoms with Crippen molar-refractivity contribution in [1.29, 1.82) is 0 Å². The van der Waals surface area contributed by atoms with Gasteiger partial charge in [0, 0.05) is 32.7 Å². The van der Waals surface area contributed by atoms with E-state index in [0.717, 1.165) is 0 Å². The number of hydrogen-bond donors (Lipinski definition) is 1. The molecule has 8 heteroatoms. The molecule has 0 aromatic heterocycles. The maximum Gasteiger partial charge on any atom is 0.260 e. The fourth-order valence-electron chi connectivity index (χ4n) is 3.13. The molecule has 2 aromatic rings. The molecule has 0 aliphatic carbocycles. The van der Waals surface area contributed by atoms with Gasteiger partial charge in [-0.2, -0.15) is 0 Å². The molecule has 0 atom stereocenters. The van der Waals surface area contributed by atoms with Gasteiger partial charge in [-0.15, -0.1) is 0 Å². The Bertz CT molecular complexity index is 882. The summed E-state index contributed by atoms with van der Waals surface area (Å²) in [6.45, 7) is 4.24. The topological polar surface area (TPSA) is 61.9 Å². The zero-order valence-electron chi connectivity index (χ0n) is 16.9. The molecule has 30 heavy (non-hydrogen) atoms. The van der Waals surface area contributed by atoms with Gasteiger partial charge in [0.1, 0.15) is 17.4 Å². The van der Waals surface area contributed by atoms with E-state index < -0.39 is 0 Å². The van der Waals surface area contributed by atoms with Gasteiger partial charge in [-0.25, -0.2) is 8.78 Å². The van der Waals surface area contributed by atoms with Crippen LogP contribution in [0.15, 0.2) is 42.5 Å². The Kier molecular flexibility index (Phi) is 7.35. The zero-order valence-corrected chi connectivity index (χ0v) is 16.9. The van der Waals surface area contributed by atoms with Crippen LogP contribution in [0.25, 0.3) is 0 Å². The van der Waals surface area contributed by atoms with Crippen molar-refractivity contribution in [2.75, 3.05) is 39.3 Å². The fraction of sp³-hybridized carbons (Fsp3) is 0.364. The van der Waals surface area contributed by atoms with E-state index in [4.69, 9.17) is 4.74 Å². The van der Waals surface area contributed by atoms with E-state index in [1.807, 2.05) is 4.90 Å². The molecular weight excluding hydrogens is 392 g/mol. The third-order valence-corrected chi connectivity index (χ3v) is 4.99. The molecule has 1 aliphatic rings. The van der Waals surface area contributed by atoms with Crippen LogP contribution >= 0.6 is 0 Å². The van der Waals surface area contributed by atoms with Gasteiger partial charge in [-0.05, 0) is 48.4 Å². The number of ether oxygens (including phenoxy) is 1. The first kappa shape index (κ1) is 21.7. The van der Waals surface area contributed by atoms with Crippen molar-refractivity contribution in [1.82, 2.24) is 15.1 Å². The van der Waals surface area contributed by atoms with Crippen LogP contribution in [0.4, 0.5) is 8.78 Å². The van der Waals surface area contributed by atoms with Crippen LogP contribution in [0.2, 0.25) is 0 Å². The van der Waals surface area contributed by atoms with Gasteiger partial charge in [0.05, 0.1) is 6.54 Å². The van der Waals surface area contributed by atoms with Crippen molar-refractivity contribution >= 4 is 11.8 Å². The minimum absolute atomic E-state index is 0.112. The Labute approximate surface area is 174 Å². The average molecular weight is 417 g/mol. The highest BCUT2D eigenvalue weighted by Crippen LogP contribution is 2.12. The first-order valence-electron chi connectivity index (χ1n) is 9.81. The second-order valence-corrected chi connectivity index (χ2v) is 7.26. The summed E-state index contributed by atoms with van der Waals surface area (Å²) >= 11 is 0. The average Bonchev–Trinajstić information content (AvgIpc) is 2.74. The van der Waals surface area contributed by atoms with Crippen molar-refractivity contribution in [2.24, 2.45) is 0 Å². The first-order chi connectivity index (χ1) is 14.4. The minimum atomic E-state index is -0.361. The van der Waals surface area contributed by atoms with Crippen molar-refractivity contribution in [2.45, 2.75) is 13.5 Å². The SMILES string of the molecule is Cc1ccc(CNC(=O)CN2CCN(C(=O)COc3ccc(F)cc3)CC2)cc1F. The summed E-state index contributed by atoms with van der Waals surface area (Å²) in [5.74, 6) is -0.500. The quantitative estimate of drug-likeness (QED) is 0.750. The summed E-state index contributed by atoms with van der Waals surface area (Å²) in [7, 11) is 0. The second kappa shape index (κ2) is 10.2. The molecule has 1 saturated heterocycles. The van der Waals surface area contributed by atoms with Gasteiger partial charge in [-0.1, -0.05) is 12.1 Å². The Morgan fingerprint density at radius 3 is 2.40 bits per heavy atom. The lowest BCUT2D eigenvalue weighted by Gasteiger charge is -2.34. The number of rotatable bonds is 7. The Morgan fingerprint density at radius 1 is 1.03 bits per heavy atom. The predicted molar refractivity (Wildman–Crippen MR) is 108 cm³/mol. The number of hydrogen-bond acceptors (Lipinski definition) is 4. The number of piperazine rings is 1. The maximum absolute atomic E-state index is 13.6. The number of nitrogens with one attached hydrogen (secondary N) is 1. The van der Waals surface area contributed by atoms with Crippen molar-refractivity contribution in [3.8, 4) is 5.75 Å². The highest BCUT2D eigenvalue weighted by Gasteiger charge is 2.22. The summed E-state index contributed by atoms with van der Waals surface area (Å²) < 4.78 is 31.9. The minimum Gasteiger partial charge on any atom is -0.484 e. The van der Waals surface area contributed by atoms with E-state index in [2.05, 4.69) is 5.32 Å². The molecule has 0 bridgehead atoms. The summed E-state index contributed by atoms with van der Waals surface area (Å²) in [4.78, 5) is 28.1. The molecule has 3 rings (SSSR count). The maximum atomic E-state index is 13.6. The Hall–Kier alpha value is -3.00. The zero-order chi connectivity index (χ0) is 21.5.